The number of benzene rings is 9. The van der Waals surface area contributed by atoms with Gasteiger partial charge in [0.25, 0.3) is 0 Å². The molecule has 11 rings (SSSR count). The van der Waals surface area contributed by atoms with Gasteiger partial charge in [-0.3, -0.25) is 4.79 Å². The van der Waals surface area contributed by atoms with E-state index >= 15 is 0 Å². The predicted molar refractivity (Wildman–Crippen MR) is 238 cm³/mol. The van der Waals surface area contributed by atoms with Crippen molar-refractivity contribution >= 4 is 22.8 Å². The average molecular weight is 740 g/mol. The number of carbonyl (C=O) groups is 1. The lowest BCUT2D eigenvalue weighted by molar-refractivity contribution is 0.103. The van der Waals surface area contributed by atoms with Crippen molar-refractivity contribution in [2.24, 2.45) is 0 Å². The minimum atomic E-state index is -0.709. The lowest BCUT2D eigenvalue weighted by Gasteiger charge is -2.48. The molecule has 1 spiro atoms. The van der Waals surface area contributed by atoms with Crippen molar-refractivity contribution in [1.29, 1.82) is 0 Å². The summed E-state index contributed by atoms with van der Waals surface area (Å²) < 4.78 is 0. The summed E-state index contributed by atoms with van der Waals surface area (Å²) in [5.74, 6) is 0.0713. The Morgan fingerprint density at radius 1 is 0.293 bits per heavy atom. The summed E-state index contributed by atoms with van der Waals surface area (Å²) in [5.41, 5.74) is 17.6. The smallest absolute Gasteiger partial charge is 0.193 e. The number of fused-ring (bicyclic) bond motifs is 8. The van der Waals surface area contributed by atoms with E-state index in [2.05, 4.69) is 205 Å². The largest absolute Gasteiger partial charge is 0.310 e. The Morgan fingerprint density at radius 2 is 0.638 bits per heavy atom. The van der Waals surface area contributed by atoms with Crippen LogP contribution in [-0.2, 0) is 5.41 Å². The fourth-order valence-corrected chi connectivity index (χ4v) is 9.50. The zero-order valence-corrected chi connectivity index (χ0v) is 31.7. The van der Waals surface area contributed by atoms with Crippen LogP contribution in [0.4, 0.5) is 17.1 Å². The molecule has 2 heteroatoms. The topological polar surface area (TPSA) is 20.3 Å². The average Bonchev–Trinajstić information content (AvgIpc) is 3.31. The summed E-state index contributed by atoms with van der Waals surface area (Å²) >= 11 is 0. The Hall–Kier alpha value is -7.55. The van der Waals surface area contributed by atoms with Crippen LogP contribution in [0.1, 0.15) is 38.2 Å². The van der Waals surface area contributed by atoms with Crippen molar-refractivity contribution in [1.82, 2.24) is 0 Å². The van der Waals surface area contributed by atoms with Crippen LogP contribution in [0.5, 0.6) is 0 Å². The highest BCUT2D eigenvalue weighted by Crippen LogP contribution is 2.60. The molecule has 0 atom stereocenters. The summed E-state index contributed by atoms with van der Waals surface area (Å²) in [6.45, 7) is 0. The maximum atomic E-state index is 14.2. The van der Waals surface area contributed by atoms with Crippen molar-refractivity contribution in [2.75, 3.05) is 4.90 Å². The molecule has 1 aliphatic carbocycles. The quantitative estimate of drug-likeness (QED) is 0.175. The van der Waals surface area contributed by atoms with Crippen LogP contribution in [0.2, 0.25) is 0 Å². The molecule has 0 radical (unpaired) electrons. The lowest BCUT2D eigenvalue weighted by atomic mass is 9.57. The van der Waals surface area contributed by atoms with Gasteiger partial charge in [0, 0.05) is 16.8 Å². The van der Waals surface area contributed by atoms with E-state index < -0.39 is 5.41 Å². The first kappa shape index (κ1) is 33.8. The van der Waals surface area contributed by atoms with E-state index in [0.29, 0.717) is 0 Å². The van der Waals surface area contributed by atoms with Gasteiger partial charge in [-0.05, 0) is 109 Å². The Kier molecular flexibility index (Phi) is 7.91. The van der Waals surface area contributed by atoms with E-state index in [-0.39, 0.29) is 5.78 Å². The molecule has 0 aromatic heterocycles. The fraction of sp³-hybridized carbons (Fsp3) is 0.0179. The number of para-hydroxylation sites is 2. The van der Waals surface area contributed by atoms with Gasteiger partial charge in [0.1, 0.15) is 0 Å². The van der Waals surface area contributed by atoms with Crippen molar-refractivity contribution in [3.05, 3.63) is 258 Å². The van der Waals surface area contributed by atoms with Crippen molar-refractivity contribution in [3.63, 3.8) is 0 Å². The summed E-state index contributed by atoms with van der Waals surface area (Å²) in [6.07, 6.45) is 0. The Bertz CT molecular complexity index is 2840. The van der Waals surface area contributed by atoms with Crippen LogP contribution in [0, 0.1) is 0 Å². The lowest BCUT2D eigenvalue weighted by Crippen LogP contribution is -2.42. The summed E-state index contributed by atoms with van der Waals surface area (Å²) in [6, 6.07) is 79.9. The highest BCUT2D eigenvalue weighted by atomic mass is 16.1. The predicted octanol–water partition coefficient (Wildman–Crippen LogP) is 14.1. The number of rotatable bonds is 5. The summed E-state index contributed by atoms with van der Waals surface area (Å²) in [7, 11) is 0. The van der Waals surface area contributed by atoms with Gasteiger partial charge in [0.05, 0.1) is 16.8 Å². The van der Waals surface area contributed by atoms with Crippen LogP contribution in [0.15, 0.2) is 224 Å². The van der Waals surface area contributed by atoms with E-state index in [1.54, 1.807) is 0 Å². The Labute approximate surface area is 339 Å². The first-order valence-electron chi connectivity index (χ1n) is 19.9. The van der Waals surface area contributed by atoms with Crippen LogP contribution < -0.4 is 4.90 Å². The van der Waals surface area contributed by atoms with E-state index in [9.17, 15) is 4.79 Å². The molecule has 1 heterocycles. The van der Waals surface area contributed by atoms with E-state index in [4.69, 9.17) is 0 Å². The van der Waals surface area contributed by atoms with Gasteiger partial charge in [0.15, 0.2) is 5.78 Å². The number of hydrogen-bond acceptors (Lipinski definition) is 2. The second-order valence-corrected chi connectivity index (χ2v) is 15.2. The van der Waals surface area contributed by atoms with Crippen LogP contribution >= 0.6 is 0 Å². The maximum absolute atomic E-state index is 14.2. The minimum absolute atomic E-state index is 0.0713. The number of carbonyl (C=O) groups excluding carboxylic acids is 1. The molecule has 0 amide bonds. The molecule has 58 heavy (non-hydrogen) atoms. The molecule has 2 nitrogen and oxygen atoms in total. The molecule has 0 unspecified atom stereocenters. The van der Waals surface area contributed by atoms with Crippen LogP contribution in [0.25, 0.3) is 44.5 Å². The van der Waals surface area contributed by atoms with Crippen LogP contribution in [0.3, 0.4) is 0 Å². The number of nitrogens with zero attached hydrogens (tertiary/aromatic N) is 1. The second-order valence-electron chi connectivity index (χ2n) is 15.2. The van der Waals surface area contributed by atoms with Crippen molar-refractivity contribution in [2.45, 2.75) is 5.41 Å². The first-order chi connectivity index (χ1) is 28.7. The van der Waals surface area contributed by atoms with Gasteiger partial charge in [-0.25, -0.2) is 0 Å². The van der Waals surface area contributed by atoms with Crippen LogP contribution in [-0.4, -0.2) is 5.78 Å². The molecule has 0 N–H and O–H groups in total. The minimum Gasteiger partial charge on any atom is -0.310 e. The molecule has 272 valence electrons. The molecule has 0 bridgehead atoms. The van der Waals surface area contributed by atoms with E-state index in [1.807, 2.05) is 24.3 Å². The Balaban J connectivity index is 1.18. The first-order valence-corrected chi connectivity index (χ1v) is 19.9. The zero-order valence-electron chi connectivity index (χ0n) is 31.7. The third-order valence-corrected chi connectivity index (χ3v) is 12.0. The second kappa shape index (κ2) is 13.6. The van der Waals surface area contributed by atoms with E-state index in [0.717, 1.165) is 72.7 Å². The SMILES string of the molecule is O=C1c2ccccc2C2(c3ccccc31)c1ccccc1N(c1cc(-c3cccc(-c4ccccc4)c3)cc(-c3cccc(-c4ccccc4)c3)c1)c1ccccc12. The maximum Gasteiger partial charge on any atom is 0.193 e. The van der Waals surface area contributed by atoms with Gasteiger partial charge in [0.2, 0.25) is 0 Å². The van der Waals surface area contributed by atoms with Gasteiger partial charge in [-0.1, -0.05) is 182 Å². The van der Waals surface area contributed by atoms with E-state index in [1.165, 1.54) is 22.3 Å². The molecule has 9 aromatic rings. The fourth-order valence-electron chi connectivity index (χ4n) is 9.50. The summed E-state index contributed by atoms with van der Waals surface area (Å²) in [4.78, 5) is 16.6. The normalized spacial score (nSPS) is 13.3. The third-order valence-electron chi connectivity index (χ3n) is 12.0. The monoisotopic (exact) mass is 739 g/mol. The number of ketones is 1. The van der Waals surface area contributed by atoms with Gasteiger partial charge in [-0.2, -0.15) is 0 Å². The zero-order chi connectivity index (χ0) is 38.6. The third kappa shape index (κ3) is 5.23. The molecular weight excluding hydrogens is 703 g/mol. The molecular formula is C56H37NO. The number of anilines is 3. The van der Waals surface area contributed by atoms with Gasteiger partial charge >= 0.3 is 0 Å². The van der Waals surface area contributed by atoms with Crippen molar-refractivity contribution < 1.29 is 4.79 Å². The molecule has 0 saturated carbocycles. The Morgan fingerprint density at radius 3 is 1.10 bits per heavy atom. The summed E-state index contributed by atoms with van der Waals surface area (Å²) in [5, 5.41) is 0. The standard InChI is InChI=1S/C56H37NO/c58-55-47-25-7-9-27-49(47)56(50-28-10-8-26-48(50)55)51-29-11-13-31-53(51)57(54-32-14-12-30-52(54)56)46-36-44(42-23-15-21-40(33-42)38-17-3-1-4-18-38)35-45(37-46)43-24-16-22-41(34-43)39-19-5-2-6-20-39/h1-37H. The molecule has 9 aromatic carbocycles. The number of hydrogen-bond donors (Lipinski definition) is 0. The molecule has 0 fully saturated rings. The highest BCUT2D eigenvalue weighted by Gasteiger charge is 2.51. The molecule has 1 aliphatic heterocycles. The molecule has 0 saturated heterocycles. The van der Waals surface area contributed by atoms with Gasteiger partial charge < -0.3 is 4.90 Å². The highest BCUT2D eigenvalue weighted by molar-refractivity contribution is 6.14. The van der Waals surface area contributed by atoms with Gasteiger partial charge in [-0.15, -0.1) is 0 Å². The molecule has 2 aliphatic rings. The van der Waals surface area contributed by atoms with Crippen molar-refractivity contribution in [3.8, 4) is 44.5 Å².